The summed E-state index contributed by atoms with van der Waals surface area (Å²) in [6.07, 6.45) is 0.697. The van der Waals surface area contributed by atoms with Crippen molar-refractivity contribution in [1.29, 1.82) is 0 Å². The van der Waals surface area contributed by atoms with E-state index in [9.17, 15) is 0 Å². The fourth-order valence-electron chi connectivity index (χ4n) is 2.49. The van der Waals surface area contributed by atoms with E-state index in [0.717, 1.165) is 0 Å². The van der Waals surface area contributed by atoms with Crippen molar-refractivity contribution >= 4 is 18.2 Å². The summed E-state index contributed by atoms with van der Waals surface area (Å²) in [4.78, 5) is 4.49. The van der Waals surface area contributed by atoms with Crippen LogP contribution in [0.15, 0.2) is 89.9 Å². The monoisotopic (exact) mass is 336 g/mol. The Bertz CT molecular complexity index is 766. The van der Waals surface area contributed by atoms with Crippen molar-refractivity contribution in [3.8, 4) is 11.1 Å². The lowest BCUT2D eigenvalue weighted by atomic mass is 10.0. The Kier molecular flexibility index (Phi) is 6.59. The molecule has 24 heavy (non-hydrogen) atoms. The Balaban J connectivity index is 0.00000208. The minimum atomic E-state index is 0. The summed E-state index contributed by atoms with van der Waals surface area (Å²) < 4.78 is 0. The van der Waals surface area contributed by atoms with Crippen LogP contribution in [-0.2, 0) is 13.0 Å². The average Bonchev–Trinajstić information content (AvgIpc) is 2.62. The maximum atomic E-state index is 6.02. The summed E-state index contributed by atoms with van der Waals surface area (Å²) in [6.45, 7) is 0.619. The molecule has 0 aliphatic rings. The van der Waals surface area contributed by atoms with Gasteiger partial charge in [0.05, 0.1) is 12.4 Å². The molecule has 0 bridgehead atoms. The Morgan fingerprint density at radius 2 is 1.21 bits per heavy atom. The molecule has 3 aromatic carbocycles. The van der Waals surface area contributed by atoms with Crippen LogP contribution in [-0.4, -0.2) is 5.84 Å². The van der Waals surface area contributed by atoms with Gasteiger partial charge in [-0.15, -0.1) is 12.4 Å². The van der Waals surface area contributed by atoms with Crippen LogP contribution in [0.5, 0.6) is 0 Å². The Labute approximate surface area is 149 Å². The van der Waals surface area contributed by atoms with Gasteiger partial charge in [-0.1, -0.05) is 84.9 Å². The van der Waals surface area contributed by atoms with E-state index >= 15 is 0 Å². The summed E-state index contributed by atoms with van der Waals surface area (Å²) in [5.41, 5.74) is 10.8. The lowest BCUT2D eigenvalue weighted by Crippen LogP contribution is -2.15. The summed E-state index contributed by atoms with van der Waals surface area (Å²) in [7, 11) is 0. The van der Waals surface area contributed by atoms with Crippen molar-refractivity contribution in [3.63, 3.8) is 0 Å². The molecular weight excluding hydrogens is 316 g/mol. The molecule has 3 rings (SSSR count). The van der Waals surface area contributed by atoms with E-state index < -0.39 is 0 Å². The van der Waals surface area contributed by atoms with Gasteiger partial charge in [-0.3, -0.25) is 4.99 Å². The number of amidine groups is 1. The van der Waals surface area contributed by atoms with Crippen LogP contribution in [0.4, 0.5) is 0 Å². The lowest BCUT2D eigenvalue weighted by Gasteiger charge is -2.04. The summed E-state index contributed by atoms with van der Waals surface area (Å²) >= 11 is 0. The van der Waals surface area contributed by atoms with Crippen LogP contribution in [0.25, 0.3) is 11.1 Å². The number of hydrogen-bond donors (Lipinski definition) is 1. The molecule has 3 heteroatoms. The minimum absolute atomic E-state index is 0. The van der Waals surface area contributed by atoms with E-state index in [1.165, 1.54) is 22.3 Å². The topological polar surface area (TPSA) is 38.4 Å². The van der Waals surface area contributed by atoms with Gasteiger partial charge in [-0.25, -0.2) is 0 Å². The molecule has 2 N–H and O–H groups in total. The summed E-state index contributed by atoms with van der Waals surface area (Å²) in [6, 6.07) is 29.0. The third-order valence-corrected chi connectivity index (χ3v) is 3.75. The highest BCUT2D eigenvalue weighted by Gasteiger charge is 1.99. The molecular formula is C21H21ClN2. The molecule has 122 valence electrons. The predicted octanol–water partition coefficient (Wildman–Crippen LogP) is 4.88. The van der Waals surface area contributed by atoms with E-state index in [-0.39, 0.29) is 12.4 Å². The lowest BCUT2D eigenvalue weighted by molar-refractivity contribution is 1.04. The van der Waals surface area contributed by atoms with Crippen molar-refractivity contribution in [2.75, 3.05) is 0 Å². The molecule has 0 aliphatic carbocycles. The second kappa shape index (κ2) is 8.90. The van der Waals surface area contributed by atoms with Gasteiger partial charge in [0.15, 0.2) is 0 Å². The van der Waals surface area contributed by atoms with Gasteiger partial charge in [0.25, 0.3) is 0 Å². The first-order valence-corrected chi connectivity index (χ1v) is 7.78. The number of benzene rings is 3. The van der Waals surface area contributed by atoms with E-state index in [1.54, 1.807) is 0 Å². The largest absolute Gasteiger partial charge is 0.387 e. The number of halogens is 1. The summed E-state index contributed by atoms with van der Waals surface area (Å²) in [5, 5.41) is 0. The second-order valence-corrected chi connectivity index (χ2v) is 5.53. The fourth-order valence-corrected chi connectivity index (χ4v) is 2.49. The van der Waals surface area contributed by atoms with E-state index in [0.29, 0.717) is 18.8 Å². The first-order chi connectivity index (χ1) is 11.3. The van der Waals surface area contributed by atoms with Gasteiger partial charge in [0, 0.05) is 6.42 Å². The molecule has 0 unspecified atom stereocenters. The van der Waals surface area contributed by atoms with Gasteiger partial charge in [0.1, 0.15) is 0 Å². The quantitative estimate of drug-likeness (QED) is 0.523. The fraction of sp³-hybridized carbons (Fsp3) is 0.0952. The Hall–Kier alpha value is -2.58. The molecule has 0 aromatic heterocycles. The molecule has 0 saturated heterocycles. The van der Waals surface area contributed by atoms with Crippen LogP contribution in [0.3, 0.4) is 0 Å². The second-order valence-electron chi connectivity index (χ2n) is 5.53. The molecule has 0 saturated carbocycles. The molecule has 0 fully saturated rings. The normalized spacial score (nSPS) is 10.9. The number of aliphatic imine (C=N–C) groups is 1. The highest BCUT2D eigenvalue weighted by Crippen LogP contribution is 2.19. The highest BCUT2D eigenvalue weighted by atomic mass is 35.5. The van der Waals surface area contributed by atoms with Crippen LogP contribution in [0.2, 0.25) is 0 Å². The van der Waals surface area contributed by atoms with Gasteiger partial charge < -0.3 is 5.73 Å². The maximum Gasteiger partial charge on any atom is 0.0985 e. The number of nitrogens with two attached hydrogens (primary N) is 1. The standard InChI is InChI=1S/C21H20N2.ClH/c22-21(15-17-7-3-1-4-8-17)23-16-18-11-13-20(14-12-18)19-9-5-2-6-10-19;/h1-14H,15-16H2,(H2,22,23);1H. The van der Waals surface area contributed by atoms with E-state index in [1.807, 2.05) is 24.3 Å². The smallest absolute Gasteiger partial charge is 0.0985 e. The molecule has 3 aromatic rings. The van der Waals surface area contributed by atoms with Gasteiger partial charge >= 0.3 is 0 Å². The predicted molar refractivity (Wildman–Crippen MR) is 105 cm³/mol. The number of rotatable bonds is 5. The van der Waals surface area contributed by atoms with Crippen molar-refractivity contribution in [1.82, 2.24) is 0 Å². The van der Waals surface area contributed by atoms with Gasteiger partial charge in [0.2, 0.25) is 0 Å². The zero-order valence-electron chi connectivity index (χ0n) is 13.4. The zero-order valence-corrected chi connectivity index (χ0v) is 14.2. The average molecular weight is 337 g/mol. The molecule has 0 spiro atoms. The number of hydrogen-bond acceptors (Lipinski definition) is 1. The zero-order chi connectivity index (χ0) is 15.9. The molecule has 0 heterocycles. The third-order valence-electron chi connectivity index (χ3n) is 3.75. The van der Waals surface area contributed by atoms with Crippen LogP contribution in [0.1, 0.15) is 11.1 Å². The highest BCUT2D eigenvalue weighted by molar-refractivity contribution is 5.85. The first kappa shape index (κ1) is 17.8. The van der Waals surface area contributed by atoms with E-state index in [4.69, 9.17) is 5.73 Å². The number of nitrogens with zero attached hydrogens (tertiary/aromatic N) is 1. The Morgan fingerprint density at radius 3 is 1.83 bits per heavy atom. The van der Waals surface area contributed by atoms with Crippen LogP contribution >= 0.6 is 12.4 Å². The molecule has 0 radical (unpaired) electrons. The van der Waals surface area contributed by atoms with Crippen molar-refractivity contribution in [3.05, 3.63) is 96.1 Å². The molecule has 0 aliphatic heterocycles. The Morgan fingerprint density at radius 1 is 0.667 bits per heavy atom. The van der Waals surface area contributed by atoms with Crippen LogP contribution < -0.4 is 5.73 Å². The third kappa shape index (κ3) is 4.97. The van der Waals surface area contributed by atoms with Crippen molar-refractivity contribution in [2.45, 2.75) is 13.0 Å². The van der Waals surface area contributed by atoms with Gasteiger partial charge in [-0.05, 0) is 22.3 Å². The van der Waals surface area contributed by atoms with Crippen molar-refractivity contribution < 1.29 is 0 Å². The SMILES string of the molecule is Cl.NC(Cc1ccccc1)=NCc1ccc(-c2ccccc2)cc1. The first-order valence-electron chi connectivity index (χ1n) is 7.78. The van der Waals surface area contributed by atoms with Crippen molar-refractivity contribution in [2.24, 2.45) is 10.7 Å². The van der Waals surface area contributed by atoms with Gasteiger partial charge in [-0.2, -0.15) is 0 Å². The molecule has 0 atom stereocenters. The molecule has 2 nitrogen and oxygen atoms in total. The summed E-state index contributed by atoms with van der Waals surface area (Å²) in [5.74, 6) is 0.670. The van der Waals surface area contributed by atoms with E-state index in [2.05, 4.69) is 65.7 Å². The maximum absolute atomic E-state index is 6.02. The van der Waals surface area contributed by atoms with Crippen LogP contribution in [0, 0.1) is 0 Å². The minimum Gasteiger partial charge on any atom is -0.387 e. The molecule has 0 amide bonds.